The Morgan fingerprint density at radius 3 is 2.59 bits per heavy atom. The molecule has 1 amide bonds. The summed E-state index contributed by atoms with van der Waals surface area (Å²) < 4.78 is 32.8. The Hall–Kier alpha value is -2.55. The van der Waals surface area contributed by atoms with E-state index in [0.717, 1.165) is 5.56 Å². The van der Waals surface area contributed by atoms with Gasteiger partial charge in [-0.3, -0.25) is 9.52 Å². The summed E-state index contributed by atoms with van der Waals surface area (Å²) >= 11 is 11.9. The molecule has 10 heteroatoms. The van der Waals surface area contributed by atoms with Crippen molar-refractivity contribution in [2.75, 3.05) is 4.72 Å². The molecule has 0 unspecified atom stereocenters. The SMILES string of the molecule is Cc1noc(C)c1CNC(=O)c1cccc(NS(=O)(=O)c2cc(Cl)ccc2Cl)c1. The minimum atomic E-state index is -3.99. The van der Waals surface area contributed by atoms with Crippen LogP contribution in [-0.4, -0.2) is 19.5 Å². The van der Waals surface area contributed by atoms with Crippen molar-refractivity contribution in [3.63, 3.8) is 0 Å². The monoisotopic (exact) mass is 453 g/mol. The van der Waals surface area contributed by atoms with Gasteiger partial charge in [0.2, 0.25) is 0 Å². The van der Waals surface area contributed by atoms with Gasteiger partial charge in [-0.05, 0) is 50.2 Å². The Morgan fingerprint density at radius 2 is 1.90 bits per heavy atom. The van der Waals surface area contributed by atoms with Crippen LogP contribution >= 0.6 is 23.2 Å². The number of aryl methyl sites for hydroxylation is 2. The number of halogens is 2. The highest BCUT2D eigenvalue weighted by Gasteiger charge is 2.19. The number of nitrogens with one attached hydrogen (secondary N) is 2. The molecule has 0 aliphatic carbocycles. The number of carbonyl (C=O) groups excluding carboxylic acids is 1. The minimum absolute atomic E-state index is 0.0373. The molecule has 0 aliphatic rings. The third-order valence-electron chi connectivity index (χ3n) is 4.17. The number of rotatable bonds is 6. The third kappa shape index (κ3) is 4.90. The van der Waals surface area contributed by atoms with Gasteiger partial charge in [0.05, 0.1) is 10.7 Å². The molecular weight excluding hydrogens is 437 g/mol. The summed E-state index contributed by atoms with van der Waals surface area (Å²) in [5.74, 6) is 0.259. The van der Waals surface area contributed by atoms with Gasteiger partial charge in [0.15, 0.2) is 0 Å². The van der Waals surface area contributed by atoms with Crippen LogP contribution in [0, 0.1) is 13.8 Å². The molecule has 0 radical (unpaired) electrons. The molecule has 0 atom stereocenters. The van der Waals surface area contributed by atoms with Gasteiger partial charge in [-0.25, -0.2) is 8.42 Å². The van der Waals surface area contributed by atoms with Crippen LogP contribution in [0.3, 0.4) is 0 Å². The lowest BCUT2D eigenvalue weighted by Gasteiger charge is -2.11. The van der Waals surface area contributed by atoms with E-state index in [1.807, 2.05) is 0 Å². The summed E-state index contributed by atoms with van der Waals surface area (Å²) in [6, 6.07) is 10.3. The van der Waals surface area contributed by atoms with Crippen molar-refractivity contribution < 1.29 is 17.7 Å². The van der Waals surface area contributed by atoms with Crippen molar-refractivity contribution in [2.45, 2.75) is 25.3 Å². The first-order chi connectivity index (χ1) is 13.7. The molecule has 3 aromatic rings. The third-order valence-corrected chi connectivity index (χ3v) is 6.26. The topological polar surface area (TPSA) is 101 Å². The lowest BCUT2D eigenvalue weighted by atomic mass is 10.1. The van der Waals surface area contributed by atoms with Crippen molar-refractivity contribution in [2.24, 2.45) is 0 Å². The maximum atomic E-state index is 12.6. The predicted molar refractivity (Wildman–Crippen MR) is 111 cm³/mol. The maximum absolute atomic E-state index is 12.6. The molecule has 0 saturated heterocycles. The molecule has 152 valence electrons. The molecule has 1 aromatic heterocycles. The lowest BCUT2D eigenvalue weighted by Crippen LogP contribution is -2.23. The number of carbonyl (C=O) groups is 1. The van der Waals surface area contributed by atoms with Crippen molar-refractivity contribution in [1.82, 2.24) is 10.5 Å². The summed E-state index contributed by atoms with van der Waals surface area (Å²) in [7, 11) is -3.99. The van der Waals surface area contributed by atoms with Crippen LogP contribution < -0.4 is 10.0 Å². The minimum Gasteiger partial charge on any atom is -0.361 e. The average molecular weight is 454 g/mol. The number of nitrogens with zero attached hydrogens (tertiary/aromatic N) is 1. The summed E-state index contributed by atoms with van der Waals surface area (Å²) in [6.07, 6.45) is 0. The van der Waals surface area contributed by atoms with E-state index in [1.165, 1.54) is 30.3 Å². The number of hydrogen-bond donors (Lipinski definition) is 2. The second kappa shape index (κ2) is 8.44. The van der Waals surface area contributed by atoms with E-state index in [2.05, 4.69) is 15.2 Å². The van der Waals surface area contributed by atoms with E-state index in [9.17, 15) is 13.2 Å². The molecular formula is C19H17Cl2N3O4S. The zero-order chi connectivity index (χ0) is 21.2. The largest absolute Gasteiger partial charge is 0.361 e. The van der Waals surface area contributed by atoms with E-state index >= 15 is 0 Å². The zero-order valence-electron chi connectivity index (χ0n) is 15.5. The van der Waals surface area contributed by atoms with Crippen LogP contribution in [-0.2, 0) is 16.6 Å². The quantitative estimate of drug-likeness (QED) is 0.578. The van der Waals surface area contributed by atoms with Gasteiger partial charge in [-0.15, -0.1) is 0 Å². The summed E-state index contributed by atoms with van der Waals surface area (Å²) in [6.45, 7) is 3.79. The molecule has 1 heterocycles. The molecule has 0 aliphatic heterocycles. The van der Waals surface area contributed by atoms with E-state index in [0.29, 0.717) is 11.5 Å². The first-order valence-electron chi connectivity index (χ1n) is 8.45. The van der Waals surface area contributed by atoms with Crippen LogP contribution in [0.2, 0.25) is 10.0 Å². The van der Waals surface area contributed by atoms with E-state index in [4.69, 9.17) is 27.7 Å². The molecule has 2 N–H and O–H groups in total. The molecule has 0 bridgehead atoms. The van der Waals surface area contributed by atoms with Crippen LogP contribution in [0.15, 0.2) is 51.9 Å². The molecule has 29 heavy (non-hydrogen) atoms. The van der Waals surface area contributed by atoms with E-state index in [-0.39, 0.29) is 38.6 Å². The van der Waals surface area contributed by atoms with Crippen LogP contribution in [0.5, 0.6) is 0 Å². The molecule has 7 nitrogen and oxygen atoms in total. The smallest absolute Gasteiger partial charge is 0.263 e. The molecule has 0 spiro atoms. The van der Waals surface area contributed by atoms with Crippen molar-refractivity contribution >= 4 is 44.8 Å². The lowest BCUT2D eigenvalue weighted by molar-refractivity contribution is 0.0951. The highest BCUT2D eigenvalue weighted by molar-refractivity contribution is 7.92. The van der Waals surface area contributed by atoms with Crippen molar-refractivity contribution in [3.05, 3.63) is 75.1 Å². The van der Waals surface area contributed by atoms with Crippen LogP contribution in [0.1, 0.15) is 27.4 Å². The molecule has 2 aromatic carbocycles. The fourth-order valence-electron chi connectivity index (χ4n) is 2.64. The maximum Gasteiger partial charge on any atom is 0.263 e. The van der Waals surface area contributed by atoms with E-state index in [1.54, 1.807) is 26.0 Å². The van der Waals surface area contributed by atoms with Gasteiger partial charge in [-0.1, -0.05) is 34.4 Å². The fraction of sp³-hybridized carbons (Fsp3) is 0.158. The van der Waals surface area contributed by atoms with Crippen molar-refractivity contribution in [3.8, 4) is 0 Å². The number of hydrogen-bond acceptors (Lipinski definition) is 5. The van der Waals surface area contributed by atoms with Gasteiger partial charge < -0.3 is 9.84 Å². The van der Waals surface area contributed by atoms with Crippen LogP contribution in [0.4, 0.5) is 5.69 Å². The predicted octanol–water partition coefficient (Wildman–Crippen LogP) is 4.33. The molecule has 0 saturated carbocycles. The second-order valence-corrected chi connectivity index (χ2v) is 8.74. The Morgan fingerprint density at radius 1 is 1.14 bits per heavy atom. The highest BCUT2D eigenvalue weighted by atomic mass is 35.5. The summed E-state index contributed by atoms with van der Waals surface area (Å²) in [4.78, 5) is 12.3. The Labute approximate surface area is 178 Å². The standard InChI is InChI=1S/C19H17Cl2N3O4S/c1-11-16(12(2)28-23-11)10-22-19(25)13-4-3-5-15(8-13)24-29(26,27)18-9-14(20)6-7-17(18)21/h3-9,24H,10H2,1-2H3,(H,22,25). The number of aromatic nitrogens is 1. The Bertz CT molecular complexity index is 1160. The van der Waals surface area contributed by atoms with Gasteiger partial charge in [0.25, 0.3) is 15.9 Å². The number of benzene rings is 2. The van der Waals surface area contributed by atoms with Gasteiger partial charge >= 0.3 is 0 Å². The summed E-state index contributed by atoms with van der Waals surface area (Å²) in [5.41, 5.74) is 1.99. The Balaban J connectivity index is 1.77. The molecule has 3 rings (SSSR count). The second-order valence-electron chi connectivity index (χ2n) is 6.25. The first-order valence-corrected chi connectivity index (χ1v) is 10.7. The molecule has 0 fully saturated rings. The first kappa shape index (κ1) is 21.2. The normalized spacial score (nSPS) is 11.3. The fourth-order valence-corrected chi connectivity index (χ4v) is 4.46. The number of amides is 1. The van der Waals surface area contributed by atoms with Crippen molar-refractivity contribution in [1.29, 1.82) is 0 Å². The zero-order valence-corrected chi connectivity index (χ0v) is 17.8. The van der Waals surface area contributed by atoms with Gasteiger partial charge in [0.1, 0.15) is 10.7 Å². The van der Waals surface area contributed by atoms with Gasteiger partial charge in [0, 0.05) is 28.4 Å². The van der Waals surface area contributed by atoms with Crippen LogP contribution in [0.25, 0.3) is 0 Å². The number of sulfonamides is 1. The van der Waals surface area contributed by atoms with E-state index < -0.39 is 10.0 Å². The average Bonchev–Trinajstić information content (AvgIpc) is 2.99. The highest BCUT2D eigenvalue weighted by Crippen LogP contribution is 2.27. The summed E-state index contributed by atoms with van der Waals surface area (Å²) in [5, 5.41) is 6.88. The van der Waals surface area contributed by atoms with Gasteiger partial charge in [-0.2, -0.15) is 0 Å². The Kier molecular flexibility index (Phi) is 6.16. The number of anilines is 1.